The van der Waals surface area contributed by atoms with Gasteiger partial charge in [-0.05, 0) is 31.0 Å². The monoisotopic (exact) mass is 398 g/mol. The van der Waals surface area contributed by atoms with Gasteiger partial charge < -0.3 is 19.5 Å². The van der Waals surface area contributed by atoms with Crippen molar-refractivity contribution in [3.05, 3.63) is 35.9 Å². The van der Waals surface area contributed by atoms with E-state index in [1.54, 1.807) is 7.11 Å². The number of aliphatic hydroxyl groups is 1. The van der Waals surface area contributed by atoms with E-state index in [1.165, 1.54) is 12.5 Å². The number of esters is 1. The highest BCUT2D eigenvalue weighted by Gasteiger charge is 2.73. The van der Waals surface area contributed by atoms with Gasteiger partial charge in [0.25, 0.3) is 0 Å². The summed E-state index contributed by atoms with van der Waals surface area (Å²) in [5.74, 6) is 0.481. The van der Waals surface area contributed by atoms with E-state index < -0.39 is 17.6 Å². The second kappa shape index (κ2) is 6.22. The Hall–Kier alpha value is -2.05. The normalized spacial score (nSPS) is 39.7. The van der Waals surface area contributed by atoms with Crippen LogP contribution in [0.25, 0.3) is 0 Å². The van der Waals surface area contributed by atoms with E-state index in [2.05, 4.69) is 41.0 Å². The highest BCUT2D eigenvalue weighted by atomic mass is 16.6. The molecule has 1 spiro atoms. The van der Waals surface area contributed by atoms with Crippen molar-refractivity contribution in [2.24, 2.45) is 5.41 Å². The maximum absolute atomic E-state index is 12.0. The fourth-order valence-electron chi connectivity index (χ4n) is 7.14. The first-order chi connectivity index (χ1) is 13.9. The van der Waals surface area contributed by atoms with Crippen molar-refractivity contribution < 1.29 is 19.4 Å². The molecule has 5 rings (SSSR count). The molecule has 1 aliphatic carbocycles. The second-order valence-electron chi connectivity index (χ2n) is 9.02. The number of anilines is 1. The number of rotatable bonds is 3. The van der Waals surface area contributed by atoms with Crippen LogP contribution >= 0.6 is 0 Å². The van der Waals surface area contributed by atoms with Crippen molar-refractivity contribution in [3.8, 4) is 5.75 Å². The number of carbonyl (C=O) groups excluding carboxylic acids is 1. The van der Waals surface area contributed by atoms with E-state index in [0.717, 1.165) is 37.4 Å². The van der Waals surface area contributed by atoms with Gasteiger partial charge in [-0.15, -0.1) is 0 Å². The van der Waals surface area contributed by atoms with Crippen LogP contribution in [0, 0.1) is 5.41 Å². The van der Waals surface area contributed by atoms with Gasteiger partial charge in [0.05, 0.1) is 13.2 Å². The number of fused-ring (bicyclic) bond motifs is 1. The molecule has 0 bridgehead atoms. The van der Waals surface area contributed by atoms with Crippen molar-refractivity contribution in [1.29, 1.82) is 0 Å². The van der Waals surface area contributed by atoms with Gasteiger partial charge in [-0.25, -0.2) is 0 Å². The standard InChI is InChI=1S/C23H30N2O4/c1-5-22-9-6-11-25-12-10-23(21(22)25)16-8-7-15(28-4)13-17(16)24(3)19(23)18(27)20(22)29-14(2)26/h6-9,13,18-21,27H,5,10-12H2,1-4H3/t18-,19-,20-,21?,22-,23-/m0/s1. The molecular formula is C23H30N2O4. The molecule has 3 heterocycles. The Morgan fingerprint density at radius 3 is 2.86 bits per heavy atom. The second-order valence-corrected chi connectivity index (χ2v) is 9.02. The molecule has 0 aromatic heterocycles. The summed E-state index contributed by atoms with van der Waals surface area (Å²) < 4.78 is 11.4. The van der Waals surface area contributed by atoms with E-state index in [9.17, 15) is 9.90 Å². The van der Waals surface area contributed by atoms with Crippen LogP contribution in [0.1, 0.15) is 32.3 Å². The molecule has 2 fully saturated rings. The molecular weight excluding hydrogens is 368 g/mol. The van der Waals surface area contributed by atoms with Gasteiger partial charge in [-0.1, -0.05) is 25.1 Å². The highest BCUT2D eigenvalue weighted by molar-refractivity contribution is 5.70. The van der Waals surface area contributed by atoms with Gasteiger partial charge in [0.1, 0.15) is 18.0 Å². The minimum atomic E-state index is -0.777. The van der Waals surface area contributed by atoms with Crippen molar-refractivity contribution >= 4 is 11.7 Å². The summed E-state index contributed by atoms with van der Waals surface area (Å²) in [4.78, 5) is 16.8. The molecule has 0 radical (unpaired) electrons. The topological polar surface area (TPSA) is 62.2 Å². The van der Waals surface area contributed by atoms with E-state index in [-0.39, 0.29) is 23.5 Å². The van der Waals surface area contributed by atoms with Crippen LogP contribution < -0.4 is 9.64 Å². The lowest BCUT2D eigenvalue weighted by Gasteiger charge is -2.60. The lowest BCUT2D eigenvalue weighted by Crippen LogP contribution is -2.74. The SMILES string of the molecule is CC[C@]12C=CCN3CC[C@@]4(c5ccc(OC)cc5N(C)[C@H]4[C@H](O)[C@@H]1OC(C)=O)C32. The van der Waals surface area contributed by atoms with E-state index in [1.807, 2.05) is 13.1 Å². The first-order valence-corrected chi connectivity index (χ1v) is 10.6. The molecule has 156 valence electrons. The summed E-state index contributed by atoms with van der Waals surface area (Å²) >= 11 is 0. The highest BCUT2D eigenvalue weighted by Crippen LogP contribution is 2.64. The van der Waals surface area contributed by atoms with Crippen LogP contribution in [0.2, 0.25) is 0 Å². The molecule has 1 aromatic rings. The third-order valence-corrected chi connectivity index (χ3v) is 8.04. The predicted molar refractivity (Wildman–Crippen MR) is 110 cm³/mol. The average Bonchev–Trinajstić information content (AvgIpc) is 3.22. The van der Waals surface area contributed by atoms with Crippen LogP contribution in [0.15, 0.2) is 30.4 Å². The van der Waals surface area contributed by atoms with Crippen molar-refractivity contribution in [1.82, 2.24) is 4.90 Å². The first kappa shape index (κ1) is 18.9. The largest absolute Gasteiger partial charge is 0.497 e. The Balaban J connectivity index is 1.76. The summed E-state index contributed by atoms with van der Waals surface area (Å²) in [7, 11) is 3.73. The van der Waals surface area contributed by atoms with Crippen LogP contribution in [0.5, 0.6) is 5.75 Å². The number of likely N-dealkylation sites (N-methyl/N-ethyl adjacent to an activating group) is 1. The summed E-state index contributed by atoms with van der Waals surface area (Å²) in [6.07, 6.45) is 4.87. The average molecular weight is 399 g/mol. The summed E-state index contributed by atoms with van der Waals surface area (Å²) in [5.41, 5.74) is 1.79. The Morgan fingerprint density at radius 1 is 1.38 bits per heavy atom. The molecule has 1 saturated carbocycles. The van der Waals surface area contributed by atoms with Crippen LogP contribution in [0.3, 0.4) is 0 Å². The quantitative estimate of drug-likeness (QED) is 0.622. The van der Waals surface area contributed by atoms with Gasteiger partial charge in [0.2, 0.25) is 0 Å². The maximum Gasteiger partial charge on any atom is 0.303 e. The number of hydrogen-bond donors (Lipinski definition) is 1. The fraction of sp³-hybridized carbons (Fsp3) is 0.609. The lowest BCUT2D eigenvalue weighted by atomic mass is 9.51. The molecule has 1 unspecified atom stereocenters. The Labute approximate surface area is 172 Å². The molecule has 6 nitrogen and oxygen atoms in total. The van der Waals surface area contributed by atoms with Crippen LogP contribution in [-0.4, -0.2) is 67.5 Å². The zero-order valence-corrected chi connectivity index (χ0v) is 17.6. The van der Waals surface area contributed by atoms with Crippen LogP contribution in [0.4, 0.5) is 5.69 Å². The van der Waals surface area contributed by atoms with E-state index in [0.29, 0.717) is 0 Å². The third-order valence-electron chi connectivity index (χ3n) is 8.04. The van der Waals surface area contributed by atoms with Crippen molar-refractivity contribution in [2.45, 2.75) is 56.4 Å². The zero-order valence-electron chi connectivity index (χ0n) is 17.6. The number of carbonyl (C=O) groups is 1. The number of nitrogens with zero attached hydrogens (tertiary/aromatic N) is 2. The van der Waals surface area contributed by atoms with Gasteiger partial charge in [-0.3, -0.25) is 9.69 Å². The minimum Gasteiger partial charge on any atom is -0.497 e. The molecule has 6 atom stereocenters. The Bertz CT molecular complexity index is 886. The minimum absolute atomic E-state index is 0.143. The smallest absolute Gasteiger partial charge is 0.303 e. The van der Waals surface area contributed by atoms with Crippen molar-refractivity contribution in [2.75, 3.05) is 32.1 Å². The molecule has 6 heteroatoms. The maximum atomic E-state index is 12.0. The molecule has 4 aliphatic rings. The molecule has 1 N–H and O–H groups in total. The first-order valence-electron chi connectivity index (χ1n) is 10.6. The van der Waals surface area contributed by atoms with Gasteiger partial charge in [0.15, 0.2) is 0 Å². The number of methoxy groups -OCH3 is 1. The van der Waals surface area contributed by atoms with E-state index >= 15 is 0 Å². The number of aliphatic hydroxyl groups excluding tert-OH is 1. The third kappa shape index (κ3) is 2.16. The lowest BCUT2D eigenvalue weighted by molar-refractivity contribution is -0.184. The van der Waals surface area contributed by atoms with Gasteiger partial charge in [-0.2, -0.15) is 0 Å². The zero-order chi connectivity index (χ0) is 20.6. The molecule has 1 saturated heterocycles. The molecule has 1 aromatic carbocycles. The summed E-state index contributed by atoms with van der Waals surface area (Å²) in [6.45, 7) is 5.47. The van der Waals surface area contributed by atoms with Gasteiger partial charge in [0, 0.05) is 49.1 Å². The summed E-state index contributed by atoms with van der Waals surface area (Å²) in [6, 6.07) is 6.33. The molecule has 29 heavy (non-hydrogen) atoms. The van der Waals surface area contributed by atoms with E-state index in [4.69, 9.17) is 9.47 Å². The Kier molecular flexibility index (Phi) is 4.07. The predicted octanol–water partition coefficient (Wildman–Crippen LogP) is 2.10. The molecule has 3 aliphatic heterocycles. The van der Waals surface area contributed by atoms with Gasteiger partial charge >= 0.3 is 5.97 Å². The van der Waals surface area contributed by atoms with Crippen molar-refractivity contribution in [3.63, 3.8) is 0 Å². The number of ether oxygens (including phenoxy) is 2. The summed E-state index contributed by atoms with van der Waals surface area (Å²) in [5, 5.41) is 11.7. The number of hydrogen-bond acceptors (Lipinski definition) is 6. The van der Waals surface area contributed by atoms with Crippen LogP contribution in [-0.2, 0) is 14.9 Å². The number of benzene rings is 1. The Morgan fingerprint density at radius 2 is 2.17 bits per heavy atom. The molecule has 0 amide bonds. The fourth-order valence-corrected chi connectivity index (χ4v) is 7.14.